The van der Waals surface area contributed by atoms with Gasteiger partial charge in [0.25, 0.3) is 0 Å². The monoisotopic (exact) mass is 377 g/mol. The molecule has 0 spiro atoms. The second-order valence-corrected chi connectivity index (χ2v) is 6.10. The summed E-state index contributed by atoms with van der Waals surface area (Å²) in [7, 11) is 0. The zero-order chi connectivity index (χ0) is 19.5. The number of rotatable bonds is 5. The molecule has 0 aliphatic carbocycles. The molecule has 0 aliphatic rings. The van der Waals surface area contributed by atoms with Gasteiger partial charge in [-0.05, 0) is 30.7 Å². The van der Waals surface area contributed by atoms with Gasteiger partial charge in [0.2, 0.25) is 0 Å². The van der Waals surface area contributed by atoms with E-state index in [0.29, 0.717) is 16.9 Å². The minimum absolute atomic E-state index is 0.0756. The molecule has 0 radical (unpaired) electrons. The number of H-pyrrole nitrogens is 1. The summed E-state index contributed by atoms with van der Waals surface area (Å²) in [6.45, 7) is 1.67. The topological polar surface area (TPSA) is 85.7 Å². The van der Waals surface area contributed by atoms with Gasteiger partial charge in [0.15, 0.2) is 5.69 Å². The van der Waals surface area contributed by atoms with Crippen molar-refractivity contribution in [3.63, 3.8) is 0 Å². The van der Waals surface area contributed by atoms with Crippen LogP contribution >= 0.6 is 0 Å². The molecule has 4 rings (SSSR count). The standard InChI is InChI=1S/C20H16FN5O2/c1-13(15-8-9-17(16(21)12-15)26-11-5-10-22-26)28-20(27)19-18(23-25-24-19)14-6-3-2-4-7-14/h2-13H,1H3,(H,23,24,25)/t13-/m0/s1. The average molecular weight is 377 g/mol. The summed E-state index contributed by atoms with van der Waals surface area (Å²) < 4.78 is 21.3. The van der Waals surface area contributed by atoms with Crippen molar-refractivity contribution >= 4 is 5.97 Å². The molecule has 0 bridgehead atoms. The smallest absolute Gasteiger partial charge is 0.361 e. The summed E-state index contributed by atoms with van der Waals surface area (Å²) in [5, 5.41) is 14.4. The number of aromatic nitrogens is 5. The van der Waals surface area contributed by atoms with Crippen molar-refractivity contribution in [2.45, 2.75) is 13.0 Å². The zero-order valence-electron chi connectivity index (χ0n) is 14.9. The number of ether oxygens (including phenoxy) is 1. The van der Waals surface area contributed by atoms with Crippen LogP contribution in [0.1, 0.15) is 29.1 Å². The van der Waals surface area contributed by atoms with Crippen LogP contribution in [0.3, 0.4) is 0 Å². The fourth-order valence-corrected chi connectivity index (χ4v) is 2.83. The summed E-state index contributed by atoms with van der Waals surface area (Å²) in [6, 6.07) is 15.5. The number of aromatic amines is 1. The first-order chi connectivity index (χ1) is 13.6. The van der Waals surface area contributed by atoms with E-state index in [-0.39, 0.29) is 5.69 Å². The predicted molar refractivity (Wildman–Crippen MR) is 99.2 cm³/mol. The van der Waals surface area contributed by atoms with Crippen molar-refractivity contribution in [2.24, 2.45) is 0 Å². The van der Waals surface area contributed by atoms with Crippen molar-refractivity contribution in [1.82, 2.24) is 25.2 Å². The Hall–Kier alpha value is -3.81. The highest BCUT2D eigenvalue weighted by Gasteiger charge is 2.22. The fourth-order valence-electron chi connectivity index (χ4n) is 2.83. The molecule has 140 valence electrons. The fraction of sp³-hybridized carbons (Fsp3) is 0.100. The molecule has 1 atom stereocenters. The predicted octanol–water partition coefficient (Wildman–Crippen LogP) is 3.71. The Balaban J connectivity index is 1.53. The normalized spacial score (nSPS) is 11.9. The molecule has 8 heteroatoms. The van der Waals surface area contributed by atoms with Gasteiger partial charge in [-0.2, -0.15) is 15.4 Å². The average Bonchev–Trinajstić information content (AvgIpc) is 3.40. The lowest BCUT2D eigenvalue weighted by molar-refractivity contribution is 0.0331. The van der Waals surface area contributed by atoms with Crippen LogP contribution in [0, 0.1) is 5.82 Å². The van der Waals surface area contributed by atoms with Gasteiger partial charge in [-0.25, -0.2) is 13.9 Å². The van der Waals surface area contributed by atoms with Gasteiger partial charge in [0.1, 0.15) is 23.3 Å². The van der Waals surface area contributed by atoms with Crippen molar-refractivity contribution < 1.29 is 13.9 Å². The third kappa shape index (κ3) is 3.39. The van der Waals surface area contributed by atoms with Crippen LogP contribution in [0.2, 0.25) is 0 Å². The molecule has 0 unspecified atom stereocenters. The lowest BCUT2D eigenvalue weighted by Gasteiger charge is -2.14. The van der Waals surface area contributed by atoms with Gasteiger partial charge in [0.05, 0.1) is 0 Å². The van der Waals surface area contributed by atoms with E-state index in [4.69, 9.17) is 4.74 Å². The minimum Gasteiger partial charge on any atom is -0.453 e. The molecule has 28 heavy (non-hydrogen) atoms. The van der Waals surface area contributed by atoms with Crippen molar-refractivity contribution in [3.8, 4) is 16.9 Å². The molecule has 0 amide bonds. The van der Waals surface area contributed by atoms with Gasteiger partial charge in [-0.3, -0.25) is 0 Å². The number of nitrogens with zero attached hydrogens (tertiary/aromatic N) is 4. The highest BCUT2D eigenvalue weighted by molar-refractivity contribution is 5.94. The van der Waals surface area contributed by atoms with E-state index in [1.165, 1.54) is 10.7 Å². The number of esters is 1. The Bertz CT molecular complexity index is 1090. The lowest BCUT2D eigenvalue weighted by Crippen LogP contribution is -2.11. The van der Waals surface area contributed by atoms with Gasteiger partial charge in [0, 0.05) is 18.0 Å². The van der Waals surface area contributed by atoms with Crippen LogP contribution in [0.15, 0.2) is 67.0 Å². The maximum atomic E-state index is 14.4. The number of halogens is 1. The molecule has 0 saturated heterocycles. The van der Waals surface area contributed by atoms with Gasteiger partial charge in [-0.15, -0.1) is 5.10 Å². The maximum absolute atomic E-state index is 14.4. The Morgan fingerprint density at radius 3 is 2.68 bits per heavy atom. The van der Waals surface area contributed by atoms with E-state index in [9.17, 15) is 9.18 Å². The first kappa shape index (κ1) is 17.6. The molecule has 2 heterocycles. The number of benzene rings is 2. The zero-order valence-corrected chi connectivity index (χ0v) is 14.9. The largest absolute Gasteiger partial charge is 0.453 e. The molecule has 2 aromatic heterocycles. The molecule has 1 N–H and O–H groups in total. The highest BCUT2D eigenvalue weighted by Crippen LogP contribution is 2.25. The molecule has 7 nitrogen and oxygen atoms in total. The summed E-state index contributed by atoms with van der Waals surface area (Å²) in [6.07, 6.45) is 2.55. The Labute approximate surface area is 159 Å². The van der Waals surface area contributed by atoms with E-state index >= 15 is 0 Å². The summed E-state index contributed by atoms with van der Waals surface area (Å²) in [5.41, 5.74) is 2.05. The van der Waals surface area contributed by atoms with Gasteiger partial charge in [-0.1, -0.05) is 36.4 Å². The second-order valence-electron chi connectivity index (χ2n) is 6.10. The molecular weight excluding hydrogens is 361 g/mol. The molecular formula is C20H16FN5O2. The first-order valence-corrected chi connectivity index (χ1v) is 8.60. The van der Waals surface area contributed by atoms with E-state index < -0.39 is 17.9 Å². The quantitative estimate of drug-likeness (QED) is 0.536. The number of hydrogen-bond acceptors (Lipinski definition) is 5. The summed E-state index contributed by atoms with van der Waals surface area (Å²) >= 11 is 0. The van der Waals surface area contributed by atoms with Crippen molar-refractivity contribution in [1.29, 1.82) is 0 Å². The highest BCUT2D eigenvalue weighted by atomic mass is 19.1. The third-order valence-corrected chi connectivity index (χ3v) is 4.26. The van der Waals surface area contributed by atoms with Crippen LogP contribution in [0.25, 0.3) is 16.9 Å². The Kier molecular flexibility index (Phi) is 4.67. The molecule has 2 aromatic carbocycles. The molecule has 4 aromatic rings. The van der Waals surface area contributed by atoms with Crippen LogP contribution in [0.5, 0.6) is 0 Å². The Morgan fingerprint density at radius 1 is 1.14 bits per heavy atom. The summed E-state index contributed by atoms with van der Waals surface area (Å²) in [5.74, 6) is -1.10. The number of carbonyl (C=O) groups excluding carboxylic acids is 1. The third-order valence-electron chi connectivity index (χ3n) is 4.26. The SMILES string of the molecule is C[C@H](OC(=O)c1n[nH]nc1-c1ccccc1)c1ccc(-n2cccn2)c(F)c1. The van der Waals surface area contributed by atoms with Crippen LogP contribution < -0.4 is 0 Å². The molecule has 0 fully saturated rings. The Morgan fingerprint density at radius 2 is 1.96 bits per heavy atom. The molecule has 0 aliphatic heterocycles. The minimum atomic E-state index is -0.672. The van der Waals surface area contributed by atoms with Crippen molar-refractivity contribution in [2.75, 3.05) is 0 Å². The van der Waals surface area contributed by atoms with E-state index in [1.54, 1.807) is 37.5 Å². The van der Waals surface area contributed by atoms with E-state index in [0.717, 1.165) is 5.56 Å². The maximum Gasteiger partial charge on any atom is 0.361 e. The first-order valence-electron chi connectivity index (χ1n) is 8.60. The van der Waals surface area contributed by atoms with Gasteiger partial charge >= 0.3 is 5.97 Å². The summed E-state index contributed by atoms with van der Waals surface area (Å²) in [4.78, 5) is 12.6. The van der Waals surface area contributed by atoms with Crippen LogP contribution in [-0.4, -0.2) is 31.2 Å². The van der Waals surface area contributed by atoms with E-state index in [1.807, 2.05) is 30.3 Å². The lowest BCUT2D eigenvalue weighted by atomic mass is 10.1. The number of nitrogens with one attached hydrogen (secondary N) is 1. The molecule has 0 saturated carbocycles. The number of hydrogen-bond donors (Lipinski definition) is 1. The second kappa shape index (κ2) is 7.43. The van der Waals surface area contributed by atoms with Crippen LogP contribution in [0.4, 0.5) is 4.39 Å². The number of carbonyl (C=O) groups is 1. The van der Waals surface area contributed by atoms with Crippen molar-refractivity contribution in [3.05, 3.63) is 84.1 Å². The van der Waals surface area contributed by atoms with Crippen LogP contribution in [-0.2, 0) is 4.74 Å². The van der Waals surface area contributed by atoms with E-state index in [2.05, 4.69) is 20.5 Å². The van der Waals surface area contributed by atoms with Gasteiger partial charge < -0.3 is 4.74 Å².